The van der Waals surface area contributed by atoms with Crippen LogP contribution in [-0.2, 0) is 7.05 Å². The van der Waals surface area contributed by atoms with Crippen LogP contribution in [0.25, 0.3) is 0 Å². The van der Waals surface area contributed by atoms with Crippen molar-refractivity contribution in [1.29, 1.82) is 0 Å². The summed E-state index contributed by atoms with van der Waals surface area (Å²) in [5.74, 6) is 1.15. The molecule has 7 nitrogen and oxygen atoms in total. The standard InChI is InChI=1S/C16H29N5O2/c1-11-6-15(3,4)8-16(7-11,9-22)19-14(23)18-12(2)13-20-17-10-21(13)5/h10-12,22H,6-9H2,1-5H3,(H2,18,19,23)/t11-,12-,16-/m1/s1. The molecule has 23 heavy (non-hydrogen) atoms. The van der Waals surface area contributed by atoms with Crippen LogP contribution >= 0.6 is 0 Å². The Labute approximate surface area is 137 Å². The van der Waals surface area contributed by atoms with E-state index in [2.05, 4.69) is 41.6 Å². The van der Waals surface area contributed by atoms with Gasteiger partial charge in [0.15, 0.2) is 5.82 Å². The summed E-state index contributed by atoms with van der Waals surface area (Å²) < 4.78 is 1.78. The molecule has 2 rings (SSSR count). The zero-order valence-electron chi connectivity index (χ0n) is 14.8. The molecule has 0 unspecified atom stereocenters. The molecular formula is C16H29N5O2. The second kappa shape index (κ2) is 6.47. The number of carbonyl (C=O) groups is 1. The lowest BCUT2D eigenvalue weighted by molar-refractivity contribution is 0.0430. The number of hydrogen-bond donors (Lipinski definition) is 3. The maximum Gasteiger partial charge on any atom is 0.315 e. The summed E-state index contributed by atoms with van der Waals surface area (Å²) >= 11 is 0. The first kappa shape index (κ1) is 17.7. The smallest absolute Gasteiger partial charge is 0.315 e. The summed E-state index contributed by atoms with van der Waals surface area (Å²) in [7, 11) is 1.84. The van der Waals surface area contributed by atoms with E-state index in [4.69, 9.17) is 0 Å². The highest BCUT2D eigenvalue weighted by molar-refractivity contribution is 5.75. The van der Waals surface area contributed by atoms with E-state index in [0.29, 0.717) is 11.7 Å². The molecule has 0 aromatic carbocycles. The monoisotopic (exact) mass is 323 g/mol. The average Bonchev–Trinajstić information content (AvgIpc) is 2.82. The van der Waals surface area contributed by atoms with Crippen molar-refractivity contribution in [2.24, 2.45) is 18.4 Å². The van der Waals surface area contributed by atoms with Crippen molar-refractivity contribution in [3.8, 4) is 0 Å². The molecule has 3 N–H and O–H groups in total. The Kier molecular flexibility index (Phi) is 4.98. The van der Waals surface area contributed by atoms with Crippen molar-refractivity contribution in [3.63, 3.8) is 0 Å². The van der Waals surface area contributed by atoms with Crippen LogP contribution in [0.2, 0.25) is 0 Å². The first-order chi connectivity index (χ1) is 10.7. The van der Waals surface area contributed by atoms with E-state index in [0.717, 1.165) is 19.3 Å². The molecule has 3 atom stereocenters. The molecule has 1 saturated carbocycles. The molecule has 2 amide bonds. The summed E-state index contributed by atoms with van der Waals surface area (Å²) in [4.78, 5) is 12.4. The predicted octanol–water partition coefficient (Wildman–Crippen LogP) is 1.75. The molecule has 1 fully saturated rings. The van der Waals surface area contributed by atoms with Gasteiger partial charge in [0.25, 0.3) is 0 Å². The van der Waals surface area contributed by atoms with Crippen LogP contribution in [-0.4, -0.2) is 38.0 Å². The molecule has 0 spiro atoms. The van der Waals surface area contributed by atoms with Crippen molar-refractivity contribution in [1.82, 2.24) is 25.4 Å². The minimum absolute atomic E-state index is 0.0491. The van der Waals surface area contributed by atoms with E-state index in [1.54, 1.807) is 10.9 Å². The van der Waals surface area contributed by atoms with Gasteiger partial charge in [-0.1, -0.05) is 20.8 Å². The number of aliphatic hydroxyl groups is 1. The Morgan fingerprint density at radius 1 is 1.52 bits per heavy atom. The molecule has 1 heterocycles. The Morgan fingerprint density at radius 2 is 2.22 bits per heavy atom. The van der Waals surface area contributed by atoms with Gasteiger partial charge in [-0.05, 0) is 37.5 Å². The number of aryl methyl sites for hydroxylation is 1. The topological polar surface area (TPSA) is 92.1 Å². The zero-order chi connectivity index (χ0) is 17.3. The molecule has 1 aromatic rings. The van der Waals surface area contributed by atoms with Gasteiger partial charge in [0, 0.05) is 7.05 Å². The highest BCUT2D eigenvalue weighted by atomic mass is 16.3. The Hall–Kier alpha value is -1.63. The van der Waals surface area contributed by atoms with Crippen LogP contribution < -0.4 is 10.6 Å². The highest BCUT2D eigenvalue weighted by Gasteiger charge is 2.43. The first-order valence-electron chi connectivity index (χ1n) is 8.20. The van der Waals surface area contributed by atoms with Gasteiger partial charge >= 0.3 is 6.03 Å². The summed E-state index contributed by atoms with van der Waals surface area (Å²) in [5, 5.41) is 23.7. The third-order valence-electron chi connectivity index (χ3n) is 4.62. The highest BCUT2D eigenvalue weighted by Crippen LogP contribution is 2.43. The number of amides is 2. The van der Waals surface area contributed by atoms with Gasteiger partial charge in [-0.15, -0.1) is 10.2 Å². The molecular weight excluding hydrogens is 294 g/mol. The second-order valence-corrected chi connectivity index (χ2v) is 7.91. The van der Waals surface area contributed by atoms with E-state index in [1.165, 1.54) is 0 Å². The number of urea groups is 1. The lowest BCUT2D eigenvalue weighted by atomic mass is 9.64. The van der Waals surface area contributed by atoms with Crippen LogP contribution in [0, 0.1) is 11.3 Å². The number of nitrogens with one attached hydrogen (secondary N) is 2. The molecule has 0 saturated heterocycles. The molecule has 7 heteroatoms. The number of nitrogens with zero attached hydrogens (tertiary/aromatic N) is 3. The van der Waals surface area contributed by atoms with E-state index in [1.807, 2.05) is 14.0 Å². The maximum atomic E-state index is 12.4. The third kappa shape index (κ3) is 4.22. The van der Waals surface area contributed by atoms with Crippen molar-refractivity contribution < 1.29 is 9.90 Å². The molecule has 0 bridgehead atoms. The van der Waals surface area contributed by atoms with Crippen molar-refractivity contribution in [2.45, 2.75) is 58.5 Å². The van der Waals surface area contributed by atoms with Crippen LogP contribution in [0.1, 0.15) is 58.8 Å². The summed E-state index contributed by atoms with van der Waals surface area (Å²) in [6, 6.07) is -0.535. The normalized spacial score (nSPS) is 28.2. The number of carbonyl (C=O) groups excluding carboxylic acids is 1. The van der Waals surface area contributed by atoms with Crippen molar-refractivity contribution in [2.75, 3.05) is 6.61 Å². The minimum atomic E-state index is -0.565. The van der Waals surface area contributed by atoms with Crippen LogP contribution in [0.15, 0.2) is 6.33 Å². The van der Waals surface area contributed by atoms with Gasteiger partial charge in [0.2, 0.25) is 0 Å². The molecule has 0 aliphatic heterocycles. The fraction of sp³-hybridized carbons (Fsp3) is 0.812. The van der Waals surface area contributed by atoms with Crippen molar-refractivity contribution in [3.05, 3.63) is 12.2 Å². The quantitative estimate of drug-likeness (QED) is 0.787. The number of hydrogen-bond acceptors (Lipinski definition) is 4. The lowest BCUT2D eigenvalue weighted by Crippen LogP contribution is -2.59. The van der Waals surface area contributed by atoms with E-state index in [9.17, 15) is 9.90 Å². The third-order valence-corrected chi connectivity index (χ3v) is 4.62. The predicted molar refractivity (Wildman–Crippen MR) is 87.7 cm³/mol. The fourth-order valence-corrected chi connectivity index (χ4v) is 4.22. The Bertz CT molecular complexity index is 556. The Morgan fingerprint density at radius 3 is 2.74 bits per heavy atom. The number of aromatic nitrogens is 3. The number of aliphatic hydroxyl groups excluding tert-OH is 1. The van der Waals surface area contributed by atoms with Crippen LogP contribution in [0.4, 0.5) is 4.79 Å². The van der Waals surface area contributed by atoms with Gasteiger partial charge in [-0.25, -0.2) is 4.79 Å². The van der Waals surface area contributed by atoms with E-state index in [-0.39, 0.29) is 24.1 Å². The van der Waals surface area contributed by atoms with Gasteiger partial charge in [0.1, 0.15) is 6.33 Å². The van der Waals surface area contributed by atoms with Crippen LogP contribution in [0.3, 0.4) is 0 Å². The van der Waals surface area contributed by atoms with Gasteiger partial charge < -0.3 is 20.3 Å². The molecule has 0 radical (unpaired) electrons. The maximum absolute atomic E-state index is 12.4. The Balaban J connectivity index is 2.03. The van der Waals surface area contributed by atoms with Gasteiger partial charge in [0.05, 0.1) is 18.2 Å². The average molecular weight is 323 g/mol. The molecule has 1 aliphatic rings. The largest absolute Gasteiger partial charge is 0.394 e. The molecule has 130 valence electrons. The second-order valence-electron chi connectivity index (χ2n) is 7.91. The SMILES string of the molecule is C[C@@H]1CC(C)(C)C[C@](CO)(NC(=O)N[C@H](C)c2nncn2C)C1. The zero-order valence-corrected chi connectivity index (χ0v) is 14.8. The van der Waals surface area contributed by atoms with Gasteiger partial charge in [-0.2, -0.15) is 0 Å². The van der Waals surface area contributed by atoms with Gasteiger partial charge in [-0.3, -0.25) is 0 Å². The number of rotatable bonds is 4. The lowest BCUT2D eigenvalue weighted by Gasteiger charge is -2.47. The van der Waals surface area contributed by atoms with E-state index < -0.39 is 5.54 Å². The fourth-order valence-electron chi connectivity index (χ4n) is 4.22. The molecule has 1 aromatic heterocycles. The summed E-state index contributed by atoms with van der Waals surface area (Å²) in [6.07, 6.45) is 4.27. The van der Waals surface area contributed by atoms with Crippen LogP contribution in [0.5, 0.6) is 0 Å². The van der Waals surface area contributed by atoms with E-state index >= 15 is 0 Å². The first-order valence-corrected chi connectivity index (χ1v) is 8.20. The van der Waals surface area contributed by atoms with Crippen molar-refractivity contribution >= 4 is 6.03 Å². The summed E-state index contributed by atoms with van der Waals surface area (Å²) in [5.41, 5.74) is -0.465. The summed E-state index contributed by atoms with van der Waals surface area (Å²) in [6.45, 7) is 8.37. The minimum Gasteiger partial charge on any atom is -0.394 e. The molecule has 1 aliphatic carbocycles.